The number of likely N-dealkylation sites (N-methyl/N-ethyl adjacent to an activating group) is 2. The van der Waals surface area contributed by atoms with Crippen LogP contribution in [0, 0.1) is 11.3 Å². The number of nitriles is 1. The van der Waals surface area contributed by atoms with Crippen LogP contribution < -0.4 is 29.7 Å². The third kappa shape index (κ3) is 5.02. The number of anilines is 4. The van der Waals surface area contributed by atoms with Crippen LogP contribution in [-0.2, 0) is 0 Å². The van der Waals surface area contributed by atoms with Crippen LogP contribution >= 0.6 is 0 Å². The predicted molar refractivity (Wildman–Crippen MR) is 160 cm³/mol. The van der Waals surface area contributed by atoms with Crippen molar-refractivity contribution in [2.45, 2.75) is 18.9 Å². The average Bonchev–Trinajstić information content (AvgIpc) is 3.61. The minimum Gasteiger partial charge on any atom is -0.494 e. The molecule has 1 saturated carbocycles. The maximum absolute atomic E-state index is 9.99. The molecule has 0 amide bonds. The standard InChI is InChI=1S/C30H34N8O3/c1-32-22-11-23(26(39-5)13-25(22)37(4)9-8-36(2)3)34-30-33-15-18(14-31)29(35-30)21-16-38(19-6-7-19)24-12-28-27(10-20(21)24)40-17-41-28/h10-13,15-16,19,32H,6-9,17H2,1-5H3,(H,33,34,35). The van der Waals surface area contributed by atoms with Crippen molar-refractivity contribution in [3.05, 3.63) is 42.2 Å². The molecule has 1 aliphatic carbocycles. The van der Waals surface area contributed by atoms with Gasteiger partial charge in [0, 0.05) is 62.5 Å². The third-order valence-corrected chi connectivity index (χ3v) is 7.56. The maximum atomic E-state index is 9.99. The zero-order valence-electron chi connectivity index (χ0n) is 24.0. The highest BCUT2D eigenvalue weighted by atomic mass is 16.7. The lowest BCUT2D eigenvalue weighted by atomic mass is 10.1. The van der Waals surface area contributed by atoms with Gasteiger partial charge in [0.05, 0.1) is 47.1 Å². The summed E-state index contributed by atoms with van der Waals surface area (Å²) in [4.78, 5) is 13.7. The second kappa shape index (κ2) is 10.7. The summed E-state index contributed by atoms with van der Waals surface area (Å²) in [6, 6.07) is 10.7. The monoisotopic (exact) mass is 554 g/mol. The van der Waals surface area contributed by atoms with E-state index < -0.39 is 0 Å². The molecule has 11 heteroatoms. The highest BCUT2D eigenvalue weighted by Gasteiger charge is 2.29. The van der Waals surface area contributed by atoms with Crippen molar-refractivity contribution in [2.24, 2.45) is 0 Å². The molecule has 1 fully saturated rings. The molecule has 0 radical (unpaired) electrons. The molecule has 2 aromatic heterocycles. The van der Waals surface area contributed by atoms with Gasteiger partial charge in [0.15, 0.2) is 11.5 Å². The molecule has 2 aliphatic rings. The van der Waals surface area contributed by atoms with Crippen molar-refractivity contribution in [1.82, 2.24) is 19.4 Å². The fourth-order valence-corrected chi connectivity index (χ4v) is 5.15. The van der Waals surface area contributed by atoms with Crippen LogP contribution in [0.5, 0.6) is 17.2 Å². The maximum Gasteiger partial charge on any atom is 0.231 e. The Hall–Kier alpha value is -4.69. The topological polar surface area (TPSA) is 113 Å². The average molecular weight is 555 g/mol. The first kappa shape index (κ1) is 26.5. The van der Waals surface area contributed by atoms with Gasteiger partial charge in [-0.05, 0) is 39.1 Å². The van der Waals surface area contributed by atoms with Crippen LogP contribution in [0.3, 0.4) is 0 Å². The lowest BCUT2D eigenvalue weighted by molar-refractivity contribution is 0.174. The molecule has 2 aromatic carbocycles. The zero-order valence-corrected chi connectivity index (χ0v) is 24.0. The molecule has 0 atom stereocenters. The molecule has 3 heterocycles. The van der Waals surface area contributed by atoms with Crippen molar-refractivity contribution in [1.29, 1.82) is 5.26 Å². The molecule has 41 heavy (non-hydrogen) atoms. The Labute approximate surface area is 239 Å². The lowest BCUT2D eigenvalue weighted by Gasteiger charge is -2.25. The number of hydrogen-bond acceptors (Lipinski definition) is 10. The van der Waals surface area contributed by atoms with Gasteiger partial charge in [0.25, 0.3) is 0 Å². The first-order chi connectivity index (χ1) is 19.9. The highest BCUT2D eigenvalue weighted by Crippen LogP contribution is 2.46. The minimum atomic E-state index is 0.201. The summed E-state index contributed by atoms with van der Waals surface area (Å²) in [5.41, 5.74) is 5.51. The van der Waals surface area contributed by atoms with Crippen molar-refractivity contribution in [3.63, 3.8) is 0 Å². The number of nitrogens with zero attached hydrogens (tertiary/aromatic N) is 6. The van der Waals surface area contributed by atoms with E-state index >= 15 is 0 Å². The van der Waals surface area contributed by atoms with Gasteiger partial charge in [0.1, 0.15) is 11.8 Å². The Bertz CT molecular complexity index is 1650. The molecule has 0 saturated heterocycles. The van der Waals surface area contributed by atoms with Gasteiger partial charge in [-0.3, -0.25) is 0 Å². The van der Waals surface area contributed by atoms with E-state index in [1.165, 1.54) is 0 Å². The van der Waals surface area contributed by atoms with E-state index in [2.05, 4.69) is 63.4 Å². The van der Waals surface area contributed by atoms with Crippen LogP contribution in [0.4, 0.5) is 23.0 Å². The Balaban J connectivity index is 1.39. The van der Waals surface area contributed by atoms with Gasteiger partial charge in [-0.1, -0.05) is 0 Å². The molecule has 1 aliphatic heterocycles. The largest absolute Gasteiger partial charge is 0.494 e. The second-order valence-corrected chi connectivity index (χ2v) is 10.6. The second-order valence-electron chi connectivity index (χ2n) is 10.6. The molecule has 0 bridgehead atoms. The molecule has 11 nitrogen and oxygen atoms in total. The zero-order chi connectivity index (χ0) is 28.7. The van der Waals surface area contributed by atoms with E-state index in [4.69, 9.17) is 19.2 Å². The van der Waals surface area contributed by atoms with Crippen LogP contribution in [0.25, 0.3) is 22.2 Å². The van der Waals surface area contributed by atoms with Crippen molar-refractivity contribution in [2.75, 3.05) is 70.7 Å². The molecule has 2 N–H and O–H groups in total. The number of fused-ring (bicyclic) bond motifs is 2. The number of methoxy groups -OCH3 is 1. The van der Waals surface area contributed by atoms with Gasteiger partial charge in [0.2, 0.25) is 12.7 Å². The number of hydrogen-bond donors (Lipinski definition) is 2. The Morgan fingerprint density at radius 1 is 1.10 bits per heavy atom. The van der Waals surface area contributed by atoms with E-state index in [1.54, 1.807) is 13.3 Å². The third-order valence-electron chi connectivity index (χ3n) is 7.56. The van der Waals surface area contributed by atoms with E-state index in [0.717, 1.165) is 59.5 Å². The fraction of sp³-hybridized carbons (Fsp3) is 0.367. The number of ether oxygens (including phenoxy) is 3. The summed E-state index contributed by atoms with van der Waals surface area (Å²) in [5.74, 6) is 2.44. The Morgan fingerprint density at radius 3 is 2.56 bits per heavy atom. The van der Waals surface area contributed by atoms with Crippen molar-refractivity contribution >= 4 is 33.9 Å². The van der Waals surface area contributed by atoms with Crippen LogP contribution in [0.1, 0.15) is 24.4 Å². The first-order valence-corrected chi connectivity index (χ1v) is 13.6. The van der Waals surface area contributed by atoms with Crippen molar-refractivity contribution in [3.8, 4) is 34.6 Å². The highest BCUT2D eigenvalue weighted by molar-refractivity contribution is 5.98. The van der Waals surface area contributed by atoms with Crippen LogP contribution in [0.2, 0.25) is 0 Å². The number of nitrogens with one attached hydrogen (secondary N) is 2. The van der Waals surface area contributed by atoms with E-state index in [-0.39, 0.29) is 6.79 Å². The lowest BCUT2D eigenvalue weighted by Crippen LogP contribution is -2.29. The van der Waals surface area contributed by atoms with Gasteiger partial charge in [-0.2, -0.15) is 5.26 Å². The van der Waals surface area contributed by atoms with E-state index in [9.17, 15) is 5.26 Å². The number of benzene rings is 2. The smallest absolute Gasteiger partial charge is 0.231 e. The van der Waals surface area contributed by atoms with Gasteiger partial charge >= 0.3 is 0 Å². The normalized spacial score (nSPS) is 13.9. The van der Waals surface area contributed by atoms with Gasteiger partial charge < -0.3 is 39.2 Å². The molecular formula is C30H34N8O3. The van der Waals surface area contributed by atoms with Gasteiger partial charge in [-0.25, -0.2) is 9.97 Å². The summed E-state index contributed by atoms with van der Waals surface area (Å²) in [6.45, 7) is 1.98. The molecule has 0 unspecified atom stereocenters. The van der Waals surface area contributed by atoms with Gasteiger partial charge in [-0.15, -0.1) is 0 Å². The van der Waals surface area contributed by atoms with Crippen LogP contribution in [-0.4, -0.2) is 74.6 Å². The first-order valence-electron chi connectivity index (χ1n) is 13.6. The Kier molecular flexibility index (Phi) is 6.93. The van der Waals surface area contributed by atoms with Crippen LogP contribution in [0.15, 0.2) is 36.7 Å². The Morgan fingerprint density at radius 2 is 1.88 bits per heavy atom. The molecule has 6 rings (SSSR count). The summed E-state index contributed by atoms with van der Waals surface area (Å²) < 4.78 is 19.4. The summed E-state index contributed by atoms with van der Waals surface area (Å²) in [6.07, 6.45) is 5.88. The van der Waals surface area contributed by atoms with Crippen molar-refractivity contribution < 1.29 is 14.2 Å². The molecule has 212 valence electrons. The molecule has 0 spiro atoms. The minimum absolute atomic E-state index is 0.201. The fourth-order valence-electron chi connectivity index (χ4n) is 5.15. The predicted octanol–water partition coefficient (Wildman–Crippen LogP) is 4.83. The molecule has 4 aromatic rings. The number of aromatic nitrogens is 3. The van der Waals surface area contributed by atoms with E-state index in [0.29, 0.717) is 40.4 Å². The summed E-state index contributed by atoms with van der Waals surface area (Å²) >= 11 is 0. The summed E-state index contributed by atoms with van der Waals surface area (Å²) in [7, 11) is 9.72. The quantitative estimate of drug-likeness (QED) is 0.283. The van der Waals surface area contributed by atoms with E-state index in [1.807, 2.05) is 31.3 Å². The molecular weight excluding hydrogens is 520 g/mol. The summed E-state index contributed by atoms with van der Waals surface area (Å²) in [5, 5.41) is 17.6. The number of rotatable bonds is 10. The SMILES string of the molecule is CNc1cc(Nc2ncc(C#N)c(-c3cn(C4CC4)c4cc5c(cc34)OCO5)n2)c(OC)cc1N(C)CCN(C)C.